The number of H-pyrrole nitrogens is 1. The van der Waals surface area contributed by atoms with Gasteiger partial charge in [-0.15, -0.1) is 0 Å². The Bertz CT molecular complexity index is 831. The number of aromatic amines is 1. The van der Waals surface area contributed by atoms with Gasteiger partial charge in [0.15, 0.2) is 0 Å². The molecule has 28 heavy (non-hydrogen) atoms. The van der Waals surface area contributed by atoms with E-state index in [1.807, 2.05) is 24.3 Å². The molecule has 1 aliphatic heterocycles. The van der Waals surface area contributed by atoms with Crippen molar-refractivity contribution in [1.82, 2.24) is 24.9 Å². The number of hydrogen-bond acceptors (Lipinski definition) is 5. The van der Waals surface area contributed by atoms with Gasteiger partial charge in [0.05, 0.1) is 19.0 Å². The molecule has 8 heteroatoms. The lowest BCUT2D eigenvalue weighted by Gasteiger charge is -2.41. The highest BCUT2D eigenvalue weighted by atomic mass is 16.5. The van der Waals surface area contributed by atoms with Crippen LogP contribution in [0.5, 0.6) is 5.75 Å². The van der Waals surface area contributed by atoms with Crippen molar-refractivity contribution in [2.75, 3.05) is 40.8 Å². The molecule has 0 spiro atoms. The Morgan fingerprint density at radius 1 is 1.25 bits per heavy atom. The van der Waals surface area contributed by atoms with E-state index in [1.165, 1.54) is 0 Å². The van der Waals surface area contributed by atoms with E-state index in [9.17, 15) is 9.59 Å². The average molecular weight is 385 g/mol. The van der Waals surface area contributed by atoms with Crippen LogP contribution in [0.25, 0.3) is 11.3 Å². The van der Waals surface area contributed by atoms with Gasteiger partial charge in [-0.05, 0) is 24.3 Å². The number of piperazine rings is 1. The van der Waals surface area contributed by atoms with Crippen molar-refractivity contribution >= 4 is 11.8 Å². The largest absolute Gasteiger partial charge is 0.497 e. The number of benzene rings is 1. The Labute approximate surface area is 165 Å². The summed E-state index contributed by atoms with van der Waals surface area (Å²) in [6.07, 6.45) is 1.80. The molecule has 2 aromatic rings. The van der Waals surface area contributed by atoms with E-state index < -0.39 is 0 Å². The van der Waals surface area contributed by atoms with E-state index in [-0.39, 0.29) is 17.9 Å². The Morgan fingerprint density at radius 3 is 2.57 bits per heavy atom. The number of carbonyl (C=O) groups excluding carboxylic acids is 2. The van der Waals surface area contributed by atoms with Crippen LogP contribution in [0, 0.1) is 0 Å². The Balaban J connectivity index is 1.82. The number of ether oxygens (including phenoxy) is 1. The first kappa shape index (κ1) is 19.9. The number of methoxy groups -OCH3 is 1. The molecule has 8 nitrogen and oxygen atoms in total. The predicted octanol–water partition coefficient (Wildman–Crippen LogP) is 1.21. The highest BCUT2D eigenvalue weighted by Gasteiger charge is 2.34. The second-order valence-electron chi connectivity index (χ2n) is 7.18. The third-order valence-corrected chi connectivity index (χ3v) is 5.13. The number of aromatic nitrogens is 2. The molecule has 0 aliphatic carbocycles. The van der Waals surface area contributed by atoms with E-state index in [0.29, 0.717) is 26.2 Å². The van der Waals surface area contributed by atoms with Crippen molar-refractivity contribution in [3.05, 3.63) is 36.0 Å². The molecule has 2 heterocycles. The normalized spacial score (nSPS) is 17.4. The minimum atomic E-state index is -0.369. The minimum absolute atomic E-state index is 0.000410. The molecule has 1 aromatic heterocycles. The molecule has 1 fully saturated rings. The lowest BCUT2D eigenvalue weighted by molar-refractivity contribution is -0.141. The Kier molecular flexibility index (Phi) is 5.99. The third-order valence-electron chi connectivity index (χ3n) is 5.13. The number of rotatable bonds is 5. The summed E-state index contributed by atoms with van der Waals surface area (Å²) in [6.45, 7) is 3.78. The van der Waals surface area contributed by atoms with Gasteiger partial charge in [-0.25, -0.2) is 0 Å². The SMILES string of the molecule is COc1ccc(-c2[nH]ncc2CN2CCN(C(C)=O)CC2C(=O)N(C)C)cc1. The van der Waals surface area contributed by atoms with Gasteiger partial charge in [0, 0.05) is 58.3 Å². The fourth-order valence-electron chi connectivity index (χ4n) is 3.49. The van der Waals surface area contributed by atoms with Crippen molar-refractivity contribution in [3.63, 3.8) is 0 Å². The fraction of sp³-hybridized carbons (Fsp3) is 0.450. The Morgan fingerprint density at radius 2 is 1.96 bits per heavy atom. The highest BCUT2D eigenvalue weighted by molar-refractivity contribution is 5.83. The molecule has 3 rings (SSSR count). The van der Waals surface area contributed by atoms with Crippen LogP contribution >= 0.6 is 0 Å². The second-order valence-corrected chi connectivity index (χ2v) is 7.18. The lowest BCUT2D eigenvalue weighted by Crippen LogP contribution is -2.59. The summed E-state index contributed by atoms with van der Waals surface area (Å²) >= 11 is 0. The van der Waals surface area contributed by atoms with Gasteiger partial charge in [0.1, 0.15) is 11.8 Å². The number of nitrogens with zero attached hydrogens (tertiary/aromatic N) is 4. The summed E-state index contributed by atoms with van der Waals surface area (Å²) in [7, 11) is 5.13. The molecule has 1 saturated heterocycles. The summed E-state index contributed by atoms with van der Waals surface area (Å²) < 4.78 is 5.22. The molecule has 150 valence electrons. The van der Waals surface area contributed by atoms with Crippen LogP contribution in [-0.4, -0.2) is 83.6 Å². The quantitative estimate of drug-likeness (QED) is 0.837. The maximum absolute atomic E-state index is 12.7. The van der Waals surface area contributed by atoms with Crippen molar-refractivity contribution in [3.8, 4) is 17.0 Å². The van der Waals surface area contributed by atoms with Crippen molar-refractivity contribution < 1.29 is 14.3 Å². The molecular weight excluding hydrogens is 358 g/mol. The van der Waals surface area contributed by atoms with Gasteiger partial charge in [-0.1, -0.05) is 0 Å². The lowest BCUT2D eigenvalue weighted by atomic mass is 10.1. The van der Waals surface area contributed by atoms with Crippen LogP contribution < -0.4 is 4.74 Å². The topological polar surface area (TPSA) is 81.8 Å². The average Bonchev–Trinajstić information content (AvgIpc) is 3.15. The van der Waals surface area contributed by atoms with Crippen molar-refractivity contribution in [2.24, 2.45) is 0 Å². The molecule has 1 aromatic carbocycles. The van der Waals surface area contributed by atoms with Crippen LogP contribution in [0.4, 0.5) is 0 Å². The molecule has 2 amide bonds. The van der Waals surface area contributed by atoms with Crippen LogP contribution in [-0.2, 0) is 16.1 Å². The molecule has 1 aliphatic rings. The molecule has 0 saturated carbocycles. The van der Waals surface area contributed by atoms with E-state index in [2.05, 4.69) is 15.1 Å². The first-order chi connectivity index (χ1) is 13.4. The maximum atomic E-state index is 12.7. The van der Waals surface area contributed by atoms with E-state index in [0.717, 1.165) is 22.6 Å². The van der Waals surface area contributed by atoms with Crippen molar-refractivity contribution in [1.29, 1.82) is 0 Å². The van der Waals surface area contributed by atoms with Gasteiger partial charge in [-0.3, -0.25) is 19.6 Å². The van der Waals surface area contributed by atoms with Gasteiger partial charge in [-0.2, -0.15) is 5.10 Å². The summed E-state index contributed by atoms with van der Waals surface area (Å²) in [5, 5.41) is 7.28. The molecule has 0 radical (unpaired) electrons. The van der Waals surface area contributed by atoms with E-state index in [1.54, 1.807) is 44.1 Å². The van der Waals surface area contributed by atoms with E-state index >= 15 is 0 Å². The van der Waals surface area contributed by atoms with Gasteiger partial charge >= 0.3 is 0 Å². The maximum Gasteiger partial charge on any atom is 0.241 e. The van der Waals surface area contributed by atoms with Crippen LogP contribution in [0.1, 0.15) is 12.5 Å². The predicted molar refractivity (Wildman–Crippen MR) is 106 cm³/mol. The van der Waals surface area contributed by atoms with Crippen LogP contribution in [0.2, 0.25) is 0 Å². The van der Waals surface area contributed by atoms with Gasteiger partial charge in [0.2, 0.25) is 11.8 Å². The highest BCUT2D eigenvalue weighted by Crippen LogP contribution is 2.26. The third kappa shape index (κ3) is 4.17. The smallest absolute Gasteiger partial charge is 0.241 e. The first-order valence-corrected chi connectivity index (χ1v) is 9.28. The number of hydrogen-bond donors (Lipinski definition) is 1. The zero-order valence-corrected chi connectivity index (χ0v) is 16.8. The van der Waals surface area contributed by atoms with Crippen LogP contribution in [0.3, 0.4) is 0 Å². The second kappa shape index (κ2) is 8.43. The monoisotopic (exact) mass is 385 g/mol. The molecule has 1 atom stereocenters. The molecular formula is C20H27N5O3. The summed E-state index contributed by atoms with van der Waals surface area (Å²) in [5.41, 5.74) is 2.94. The molecule has 1 unspecified atom stereocenters. The molecule has 0 bridgehead atoms. The zero-order chi connectivity index (χ0) is 20.3. The standard InChI is InChI=1S/C20H27N5O3/c1-14(26)24-9-10-25(18(13-24)20(27)23(2)3)12-16-11-21-22-19(16)15-5-7-17(28-4)8-6-15/h5-8,11,18H,9-10,12-13H2,1-4H3,(H,21,22). The number of amides is 2. The number of likely N-dealkylation sites (N-methyl/N-ethyl adjacent to an activating group) is 1. The number of nitrogens with one attached hydrogen (secondary N) is 1. The van der Waals surface area contributed by atoms with Gasteiger partial charge in [0.25, 0.3) is 0 Å². The van der Waals surface area contributed by atoms with Crippen LogP contribution in [0.15, 0.2) is 30.5 Å². The van der Waals surface area contributed by atoms with E-state index in [4.69, 9.17) is 4.74 Å². The van der Waals surface area contributed by atoms with Crippen molar-refractivity contribution in [2.45, 2.75) is 19.5 Å². The number of carbonyl (C=O) groups is 2. The summed E-state index contributed by atoms with van der Waals surface area (Å²) in [4.78, 5) is 30.0. The zero-order valence-electron chi connectivity index (χ0n) is 16.8. The fourth-order valence-corrected chi connectivity index (χ4v) is 3.49. The first-order valence-electron chi connectivity index (χ1n) is 9.28. The minimum Gasteiger partial charge on any atom is -0.497 e. The van der Waals surface area contributed by atoms with Gasteiger partial charge < -0.3 is 14.5 Å². The summed E-state index contributed by atoms with van der Waals surface area (Å²) in [6, 6.07) is 7.40. The molecule has 1 N–H and O–H groups in total. The Hall–Kier alpha value is -2.87. The summed E-state index contributed by atoms with van der Waals surface area (Å²) in [5.74, 6) is 0.792.